The van der Waals surface area contributed by atoms with Gasteiger partial charge in [-0.3, -0.25) is 9.97 Å². The van der Waals surface area contributed by atoms with Gasteiger partial charge < -0.3 is 0 Å². The molecule has 4 aromatic rings. The van der Waals surface area contributed by atoms with Crippen LogP contribution in [0.2, 0.25) is 0 Å². The van der Waals surface area contributed by atoms with E-state index in [1.54, 1.807) is 0 Å². The van der Waals surface area contributed by atoms with Crippen LogP contribution in [0.25, 0.3) is 32.6 Å². The Kier molecular flexibility index (Phi) is 1.86. The molecule has 0 aliphatic heterocycles. The first-order chi connectivity index (χ1) is 8.93. The number of hydrogen-bond acceptors (Lipinski definition) is 2. The summed E-state index contributed by atoms with van der Waals surface area (Å²) in [6.07, 6.45) is 3.66. The van der Waals surface area contributed by atoms with Crippen LogP contribution in [0.1, 0.15) is 0 Å². The largest absolute Gasteiger partial charge is 0.256 e. The first kappa shape index (κ1) is 9.54. The molecule has 18 heavy (non-hydrogen) atoms. The third-order valence-corrected chi connectivity index (χ3v) is 3.35. The molecule has 0 atom stereocenters. The second-order valence-electron chi connectivity index (χ2n) is 4.37. The summed E-state index contributed by atoms with van der Waals surface area (Å²) >= 11 is 0. The highest BCUT2D eigenvalue weighted by atomic mass is 14.7. The Labute approximate surface area is 104 Å². The fourth-order valence-electron chi connectivity index (χ4n) is 2.54. The standard InChI is InChI=1S/C16H10N2/c1-3-12-14(17-9-1)7-5-11-6-8-15-13(16(11)12)4-2-10-18-15/h1-10H. The van der Waals surface area contributed by atoms with Crippen LogP contribution in [0.3, 0.4) is 0 Å². The summed E-state index contributed by atoms with van der Waals surface area (Å²) in [5, 5.41) is 4.85. The Morgan fingerprint density at radius 2 is 1.17 bits per heavy atom. The van der Waals surface area contributed by atoms with Crippen LogP contribution >= 0.6 is 0 Å². The quantitative estimate of drug-likeness (QED) is 0.428. The average Bonchev–Trinajstić information content (AvgIpc) is 2.46. The predicted octanol–water partition coefficient (Wildman–Crippen LogP) is 3.94. The molecular weight excluding hydrogens is 220 g/mol. The molecule has 0 unspecified atom stereocenters. The minimum absolute atomic E-state index is 1.03. The van der Waals surface area contributed by atoms with Gasteiger partial charge >= 0.3 is 0 Å². The summed E-state index contributed by atoms with van der Waals surface area (Å²) in [7, 11) is 0. The van der Waals surface area contributed by atoms with Gasteiger partial charge in [-0.1, -0.05) is 24.3 Å². The Morgan fingerprint density at radius 1 is 0.611 bits per heavy atom. The molecule has 0 radical (unpaired) electrons. The van der Waals surface area contributed by atoms with Crippen molar-refractivity contribution in [2.45, 2.75) is 0 Å². The van der Waals surface area contributed by atoms with E-state index in [1.165, 1.54) is 21.5 Å². The Hall–Kier alpha value is -2.48. The zero-order valence-corrected chi connectivity index (χ0v) is 9.67. The number of aromatic nitrogens is 2. The van der Waals surface area contributed by atoms with Gasteiger partial charge in [0.2, 0.25) is 0 Å². The predicted molar refractivity (Wildman–Crippen MR) is 74.6 cm³/mol. The van der Waals surface area contributed by atoms with Crippen LogP contribution in [0.15, 0.2) is 60.9 Å². The lowest BCUT2D eigenvalue weighted by Crippen LogP contribution is -1.84. The van der Waals surface area contributed by atoms with Crippen molar-refractivity contribution in [3.05, 3.63) is 60.9 Å². The molecule has 4 rings (SSSR count). The van der Waals surface area contributed by atoms with Crippen LogP contribution in [0.5, 0.6) is 0 Å². The Morgan fingerprint density at radius 3 is 1.72 bits per heavy atom. The summed E-state index contributed by atoms with van der Waals surface area (Å²) in [4.78, 5) is 8.84. The fourth-order valence-corrected chi connectivity index (χ4v) is 2.54. The SMILES string of the molecule is c1cnc2ccc3ccc4ncccc4c3c2c1. The second kappa shape index (κ2) is 3.50. The summed E-state index contributed by atoms with van der Waals surface area (Å²) in [6, 6.07) is 16.6. The van der Waals surface area contributed by atoms with Gasteiger partial charge in [-0.15, -0.1) is 0 Å². The molecule has 0 fully saturated rings. The van der Waals surface area contributed by atoms with E-state index in [1.807, 2.05) is 24.5 Å². The Balaban J connectivity index is 2.38. The fraction of sp³-hybridized carbons (Fsp3) is 0. The normalized spacial score (nSPS) is 11.3. The van der Waals surface area contributed by atoms with Gasteiger partial charge in [0.25, 0.3) is 0 Å². The number of benzene rings is 2. The van der Waals surface area contributed by atoms with Gasteiger partial charge in [-0.2, -0.15) is 0 Å². The van der Waals surface area contributed by atoms with Crippen LogP contribution in [0.4, 0.5) is 0 Å². The third kappa shape index (κ3) is 1.23. The number of fused-ring (bicyclic) bond motifs is 5. The van der Waals surface area contributed by atoms with Crippen molar-refractivity contribution in [3.8, 4) is 0 Å². The van der Waals surface area contributed by atoms with E-state index in [9.17, 15) is 0 Å². The molecule has 2 heterocycles. The maximum absolute atomic E-state index is 4.42. The Bertz CT molecular complexity index is 811. The van der Waals surface area contributed by atoms with Crippen molar-refractivity contribution < 1.29 is 0 Å². The van der Waals surface area contributed by atoms with Crippen molar-refractivity contribution in [3.63, 3.8) is 0 Å². The molecule has 0 aliphatic carbocycles. The minimum Gasteiger partial charge on any atom is -0.256 e. The van der Waals surface area contributed by atoms with Crippen molar-refractivity contribution in [2.24, 2.45) is 0 Å². The zero-order chi connectivity index (χ0) is 11.9. The molecule has 0 bridgehead atoms. The molecule has 0 saturated heterocycles. The van der Waals surface area contributed by atoms with E-state index < -0.39 is 0 Å². The summed E-state index contributed by atoms with van der Waals surface area (Å²) in [6.45, 7) is 0. The van der Waals surface area contributed by atoms with E-state index in [0.717, 1.165) is 11.0 Å². The molecule has 0 N–H and O–H groups in total. The average molecular weight is 230 g/mol. The second-order valence-corrected chi connectivity index (χ2v) is 4.37. The lowest BCUT2D eigenvalue weighted by molar-refractivity contribution is 1.41. The van der Waals surface area contributed by atoms with Crippen LogP contribution in [-0.2, 0) is 0 Å². The van der Waals surface area contributed by atoms with Gasteiger partial charge in [0.1, 0.15) is 0 Å². The molecule has 0 aliphatic rings. The lowest BCUT2D eigenvalue weighted by Gasteiger charge is -2.06. The van der Waals surface area contributed by atoms with Crippen LogP contribution < -0.4 is 0 Å². The topological polar surface area (TPSA) is 25.8 Å². The molecule has 0 amide bonds. The van der Waals surface area contributed by atoms with E-state index >= 15 is 0 Å². The highest BCUT2D eigenvalue weighted by Crippen LogP contribution is 2.30. The first-order valence-electron chi connectivity index (χ1n) is 5.95. The van der Waals surface area contributed by atoms with Gasteiger partial charge in [-0.25, -0.2) is 0 Å². The lowest BCUT2D eigenvalue weighted by atomic mass is 10.0. The third-order valence-electron chi connectivity index (χ3n) is 3.35. The summed E-state index contributed by atoms with van der Waals surface area (Å²) in [5.41, 5.74) is 2.06. The number of nitrogens with zero attached hydrogens (tertiary/aromatic N) is 2. The van der Waals surface area contributed by atoms with E-state index in [-0.39, 0.29) is 0 Å². The molecule has 2 aromatic heterocycles. The molecular formula is C16H10N2. The summed E-state index contributed by atoms with van der Waals surface area (Å²) < 4.78 is 0. The smallest absolute Gasteiger partial charge is 0.0708 e. The highest BCUT2D eigenvalue weighted by molar-refractivity contribution is 6.18. The number of rotatable bonds is 0. The van der Waals surface area contributed by atoms with E-state index in [2.05, 4.69) is 46.4 Å². The van der Waals surface area contributed by atoms with Crippen molar-refractivity contribution in [2.75, 3.05) is 0 Å². The maximum atomic E-state index is 4.42. The summed E-state index contributed by atoms with van der Waals surface area (Å²) in [5.74, 6) is 0. The molecule has 84 valence electrons. The molecule has 0 spiro atoms. The maximum Gasteiger partial charge on any atom is 0.0708 e. The zero-order valence-electron chi connectivity index (χ0n) is 9.67. The highest BCUT2D eigenvalue weighted by Gasteiger charge is 2.05. The van der Waals surface area contributed by atoms with E-state index in [0.29, 0.717) is 0 Å². The molecule has 0 saturated carbocycles. The monoisotopic (exact) mass is 230 g/mol. The van der Waals surface area contributed by atoms with E-state index in [4.69, 9.17) is 0 Å². The molecule has 2 heteroatoms. The van der Waals surface area contributed by atoms with Crippen molar-refractivity contribution >= 4 is 32.6 Å². The van der Waals surface area contributed by atoms with Crippen molar-refractivity contribution in [1.82, 2.24) is 9.97 Å². The van der Waals surface area contributed by atoms with Crippen molar-refractivity contribution in [1.29, 1.82) is 0 Å². The minimum atomic E-state index is 1.03. The van der Waals surface area contributed by atoms with Gasteiger partial charge in [-0.05, 0) is 29.7 Å². The van der Waals surface area contributed by atoms with Gasteiger partial charge in [0, 0.05) is 28.6 Å². The van der Waals surface area contributed by atoms with Gasteiger partial charge in [0.15, 0.2) is 0 Å². The van der Waals surface area contributed by atoms with Gasteiger partial charge in [0.05, 0.1) is 11.0 Å². The molecule has 2 nitrogen and oxygen atoms in total. The number of pyridine rings is 2. The molecule has 2 aromatic carbocycles. The number of hydrogen-bond donors (Lipinski definition) is 0. The van der Waals surface area contributed by atoms with Crippen LogP contribution in [-0.4, -0.2) is 9.97 Å². The van der Waals surface area contributed by atoms with Crippen LogP contribution in [0, 0.1) is 0 Å². The first-order valence-corrected chi connectivity index (χ1v) is 5.95.